The minimum Gasteiger partial charge on any atom is -0.455 e. The van der Waals surface area contributed by atoms with Crippen LogP contribution >= 0.6 is 0 Å². The summed E-state index contributed by atoms with van der Waals surface area (Å²) >= 11 is 0. The lowest BCUT2D eigenvalue weighted by Crippen LogP contribution is -2.56. The van der Waals surface area contributed by atoms with E-state index in [2.05, 4.69) is 223 Å². The van der Waals surface area contributed by atoms with E-state index in [1.807, 2.05) is 0 Å². The van der Waals surface area contributed by atoms with Gasteiger partial charge in [-0.15, -0.1) is 0 Å². The van der Waals surface area contributed by atoms with E-state index < -0.39 is 0 Å². The van der Waals surface area contributed by atoms with E-state index in [4.69, 9.17) is 8.83 Å². The fourth-order valence-electron chi connectivity index (χ4n) is 12.6. The van der Waals surface area contributed by atoms with Gasteiger partial charge < -0.3 is 18.2 Å². The summed E-state index contributed by atoms with van der Waals surface area (Å²) in [7, 11) is 0. The van der Waals surface area contributed by atoms with Crippen molar-refractivity contribution in [1.29, 1.82) is 0 Å². The Morgan fingerprint density at radius 1 is 0.406 bits per heavy atom. The second kappa shape index (κ2) is 13.4. The second-order valence-electron chi connectivity index (χ2n) is 19.2. The Labute approximate surface area is 397 Å². The van der Waals surface area contributed by atoms with Crippen LogP contribution in [0.3, 0.4) is 0 Å². The van der Waals surface area contributed by atoms with Gasteiger partial charge in [-0.05, 0) is 134 Å². The molecule has 0 bridgehead atoms. The number of nitrogens with zero attached hydrogens (tertiary/aromatic N) is 2. The molecule has 69 heavy (non-hydrogen) atoms. The number of rotatable bonds is 3. The largest absolute Gasteiger partial charge is 0.455 e. The smallest absolute Gasteiger partial charge is 0.333 e. The minimum absolute atomic E-state index is 0.211. The number of fused-ring (bicyclic) bond motifs is 17. The van der Waals surface area contributed by atoms with E-state index in [0.717, 1.165) is 82.9 Å². The normalized spacial score (nSPS) is 13.0. The standard InChI is InChI=1S/C64H39BN2O2/c1-36-43-21-9-10-22-44(43)37(2)49-34-55-53(33-48(36)49)65-61-56(66(55)42-30-40(38-17-5-3-6-18-38)29-41(31-42)39-19-7-4-8-20-39)35-51-46-24-13-16-28-58(46)68-63(51)59(61)52-32-50-45-23-12-15-27-57(45)69-64(50)60-47-25-11-14-26-54(47)67(65)62(52)60/h3-35H,1-2H3. The molecular weight excluding hydrogens is 840 g/mol. The molecule has 0 amide bonds. The highest BCUT2D eigenvalue weighted by molar-refractivity contribution is 6.90. The van der Waals surface area contributed by atoms with Crippen LogP contribution in [0.25, 0.3) is 121 Å². The molecule has 16 rings (SSSR count). The van der Waals surface area contributed by atoms with Crippen molar-refractivity contribution in [2.24, 2.45) is 0 Å². The molecule has 0 N–H and O–H groups in total. The van der Waals surface area contributed by atoms with Gasteiger partial charge >= 0.3 is 6.85 Å². The first-order valence-electron chi connectivity index (χ1n) is 23.9. The zero-order chi connectivity index (χ0) is 45.2. The molecule has 11 aromatic carbocycles. The molecule has 14 aromatic rings. The zero-order valence-corrected chi connectivity index (χ0v) is 37.8. The molecular formula is C64H39BN2O2. The van der Waals surface area contributed by atoms with E-state index in [-0.39, 0.29) is 6.85 Å². The summed E-state index contributed by atoms with van der Waals surface area (Å²) in [5, 5.41) is 11.9. The summed E-state index contributed by atoms with van der Waals surface area (Å²) in [5.41, 5.74) is 21.4. The number of para-hydroxylation sites is 3. The van der Waals surface area contributed by atoms with Gasteiger partial charge in [0, 0.05) is 66.2 Å². The number of benzene rings is 11. The van der Waals surface area contributed by atoms with Crippen molar-refractivity contribution in [3.63, 3.8) is 0 Å². The van der Waals surface area contributed by atoms with Crippen LogP contribution in [0.15, 0.2) is 209 Å². The Hall–Kier alpha value is -8.80. The number of furan rings is 2. The molecule has 0 aliphatic carbocycles. The molecule has 3 aromatic heterocycles. The highest BCUT2D eigenvalue weighted by Gasteiger charge is 2.45. The molecule has 0 saturated carbocycles. The van der Waals surface area contributed by atoms with Crippen LogP contribution in [0.2, 0.25) is 0 Å². The van der Waals surface area contributed by atoms with E-state index in [1.54, 1.807) is 0 Å². The van der Waals surface area contributed by atoms with E-state index >= 15 is 0 Å². The van der Waals surface area contributed by atoms with Crippen LogP contribution < -0.4 is 15.8 Å². The number of anilines is 3. The van der Waals surface area contributed by atoms with Crippen LogP contribution in [0, 0.1) is 13.8 Å². The van der Waals surface area contributed by atoms with Crippen molar-refractivity contribution in [1.82, 2.24) is 4.48 Å². The minimum atomic E-state index is -0.211. The molecule has 2 aliphatic heterocycles. The Kier molecular flexibility index (Phi) is 7.26. The average Bonchev–Trinajstić information content (AvgIpc) is 4.09. The number of hydrogen-bond acceptors (Lipinski definition) is 3. The lowest BCUT2D eigenvalue weighted by atomic mass is 9.44. The molecule has 0 fully saturated rings. The third kappa shape index (κ3) is 4.88. The molecule has 0 radical (unpaired) electrons. The maximum atomic E-state index is 7.21. The summed E-state index contributed by atoms with van der Waals surface area (Å²) in [6.45, 7) is 4.40. The van der Waals surface area contributed by atoms with Crippen LogP contribution in [0.1, 0.15) is 11.1 Å². The fourth-order valence-corrected chi connectivity index (χ4v) is 12.6. The number of hydrogen-bond donors (Lipinski definition) is 0. The van der Waals surface area contributed by atoms with Crippen LogP contribution in [-0.2, 0) is 0 Å². The SMILES string of the molecule is Cc1c2ccccc2c(C)c2cc3c(cc12)B1c2c(cc4c(oc5ccccc54)c2-c2cc4c5ccccc5oc4c4c5ccccc5n1c24)N3c1cc(-c2ccccc2)cc(-c2ccccc2)c1. The highest BCUT2D eigenvalue weighted by Crippen LogP contribution is 2.53. The summed E-state index contributed by atoms with van der Waals surface area (Å²) in [6.07, 6.45) is 0. The monoisotopic (exact) mass is 878 g/mol. The Bertz CT molecular complexity index is 4520. The Balaban J connectivity index is 1.14. The predicted molar refractivity (Wildman–Crippen MR) is 290 cm³/mol. The van der Waals surface area contributed by atoms with Crippen molar-refractivity contribution < 1.29 is 8.83 Å². The Morgan fingerprint density at radius 3 is 1.58 bits per heavy atom. The molecule has 0 spiro atoms. The Morgan fingerprint density at radius 2 is 0.928 bits per heavy atom. The number of aryl methyl sites for hydroxylation is 2. The zero-order valence-electron chi connectivity index (χ0n) is 37.8. The molecule has 0 saturated heterocycles. The summed E-state index contributed by atoms with van der Waals surface area (Å²) in [4.78, 5) is 2.59. The van der Waals surface area contributed by atoms with Gasteiger partial charge in [0.25, 0.3) is 0 Å². The summed E-state index contributed by atoms with van der Waals surface area (Å²) in [6, 6.07) is 73.6. The third-order valence-corrected chi connectivity index (χ3v) is 15.7. The average molecular weight is 879 g/mol. The molecule has 320 valence electrons. The number of aromatic nitrogens is 1. The maximum Gasteiger partial charge on any atom is 0.333 e. The first-order chi connectivity index (χ1) is 34.1. The van der Waals surface area contributed by atoms with Gasteiger partial charge in [0.2, 0.25) is 0 Å². The summed E-state index contributed by atoms with van der Waals surface area (Å²) in [5.74, 6) is 0. The van der Waals surface area contributed by atoms with Crippen LogP contribution in [-0.4, -0.2) is 11.3 Å². The first kappa shape index (κ1) is 37.3. The maximum absolute atomic E-state index is 7.21. The van der Waals surface area contributed by atoms with Crippen molar-refractivity contribution in [3.8, 4) is 33.4 Å². The molecule has 2 aliphatic rings. The van der Waals surface area contributed by atoms with Crippen molar-refractivity contribution in [2.45, 2.75) is 13.8 Å². The quantitative estimate of drug-likeness (QED) is 0.131. The molecule has 5 heteroatoms. The molecule has 5 heterocycles. The lowest BCUT2D eigenvalue weighted by Gasteiger charge is -2.41. The third-order valence-electron chi connectivity index (χ3n) is 15.7. The van der Waals surface area contributed by atoms with Crippen LogP contribution in [0.5, 0.6) is 0 Å². The summed E-state index contributed by atoms with van der Waals surface area (Å²) < 4.78 is 16.8. The lowest BCUT2D eigenvalue weighted by molar-refractivity contribution is 0.670. The molecule has 0 atom stereocenters. The fraction of sp³-hybridized carbons (Fsp3) is 0.0312. The topological polar surface area (TPSA) is 34.5 Å². The molecule has 0 unspecified atom stereocenters. The van der Waals surface area contributed by atoms with Crippen molar-refractivity contribution in [2.75, 3.05) is 4.90 Å². The second-order valence-corrected chi connectivity index (χ2v) is 19.2. The van der Waals surface area contributed by atoms with Gasteiger partial charge in [-0.2, -0.15) is 0 Å². The van der Waals surface area contributed by atoms with Gasteiger partial charge in [-0.1, -0.05) is 146 Å². The highest BCUT2D eigenvalue weighted by atomic mass is 16.3. The molecule has 4 nitrogen and oxygen atoms in total. The van der Waals surface area contributed by atoms with Gasteiger partial charge in [0.05, 0.1) is 5.39 Å². The van der Waals surface area contributed by atoms with Crippen molar-refractivity contribution >= 4 is 122 Å². The van der Waals surface area contributed by atoms with Gasteiger partial charge in [0.15, 0.2) is 0 Å². The van der Waals surface area contributed by atoms with Gasteiger partial charge in [-0.3, -0.25) is 0 Å². The van der Waals surface area contributed by atoms with E-state index in [9.17, 15) is 0 Å². The van der Waals surface area contributed by atoms with E-state index in [1.165, 1.54) is 76.8 Å². The van der Waals surface area contributed by atoms with Crippen LogP contribution in [0.4, 0.5) is 17.1 Å². The first-order valence-corrected chi connectivity index (χ1v) is 23.9. The predicted octanol–water partition coefficient (Wildman–Crippen LogP) is 16.3. The van der Waals surface area contributed by atoms with Gasteiger partial charge in [0.1, 0.15) is 22.3 Å². The van der Waals surface area contributed by atoms with E-state index in [0.29, 0.717) is 0 Å². The van der Waals surface area contributed by atoms with Crippen molar-refractivity contribution in [3.05, 3.63) is 211 Å². The van der Waals surface area contributed by atoms with Gasteiger partial charge in [-0.25, -0.2) is 0 Å².